The number of carbonyl (C=O) groups excluding carboxylic acids is 1. The van der Waals surface area contributed by atoms with Crippen LogP contribution in [0, 0.1) is 11.3 Å². The Hall–Kier alpha value is -2.87. The van der Waals surface area contributed by atoms with Crippen molar-refractivity contribution in [3.8, 4) is 6.07 Å². The van der Waals surface area contributed by atoms with Gasteiger partial charge in [-0.1, -0.05) is 31.4 Å². The summed E-state index contributed by atoms with van der Waals surface area (Å²) in [6.45, 7) is 2.87. The lowest BCUT2D eigenvalue weighted by Gasteiger charge is -2.24. The second-order valence-electron chi connectivity index (χ2n) is 8.08. The molecule has 2 aliphatic rings. The minimum atomic E-state index is 0.101. The van der Waals surface area contributed by atoms with Gasteiger partial charge in [0.25, 0.3) is 5.91 Å². The molecule has 1 aromatic heterocycles. The first-order valence-corrected chi connectivity index (χ1v) is 10.8. The molecular weight excluding hydrogens is 360 g/mol. The third-order valence-corrected chi connectivity index (χ3v) is 6.22. The zero-order valence-electron chi connectivity index (χ0n) is 16.9. The van der Waals surface area contributed by atoms with Crippen molar-refractivity contribution >= 4 is 11.7 Å². The van der Waals surface area contributed by atoms with Gasteiger partial charge in [-0.05, 0) is 55.0 Å². The molecule has 1 aliphatic heterocycles. The number of hydrogen-bond acceptors (Lipinski definition) is 4. The molecule has 0 unspecified atom stereocenters. The van der Waals surface area contributed by atoms with Crippen LogP contribution in [0.1, 0.15) is 65.9 Å². The molecule has 1 aromatic carbocycles. The summed E-state index contributed by atoms with van der Waals surface area (Å²) < 4.78 is 0. The third kappa shape index (κ3) is 4.42. The zero-order valence-corrected chi connectivity index (χ0v) is 16.9. The minimum Gasteiger partial charge on any atom is -0.354 e. The fourth-order valence-electron chi connectivity index (χ4n) is 4.58. The molecule has 2 aromatic rings. The molecule has 5 heteroatoms. The Morgan fingerprint density at radius 2 is 1.76 bits per heavy atom. The van der Waals surface area contributed by atoms with E-state index in [0.29, 0.717) is 24.6 Å². The quantitative estimate of drug-likeness (QED) is 0.784. The molecule has 4 rings (SSSR count). The lowest BCUT2D eigenvalue weighted by Crippen LogP contribution is -2.35. The first-order valence-electron chi connectivity index (χ1n) is 10.8. The highest BCUT2D eigenvalue weighted by Crippen LogP contribution is 2.32. The molecule has 29 heavy (non-hydrogen) atoms. The van der Waals surface area contributed by atoms with Crippen molar-refractivity contribution in [2.75, 3.05) is 31.1 Å². The molecule has 1 aliphatic carbocycles. The number of benzene rings is 1. The summed E-state index contributed by atoms with van der Waals surface area (Å²) in [4.78, 5) is 21.5. The molecule has 0 N–H and O–H groups in total. The number of rotatable bonds is 3. The zero-order chi connectivity index (χ0) is 20.1. The predicted molar refractivity (Wildman–Crippen MR) is 114 cm³/mol. The van der Waals surface area contributed by atoms with Gasteiger partial charge in [0.1, 0.15) is 11.9 Å². The second-order valence-corrected chi connectivity index (χ2v) is 8.08. The SMILES string of the molecule is N#Cc1cccnc1N1CCCN(C(=O)c2ccc(C3CCCCC3)cc2)CC1. The van der Waals surface area contributed by atoms with E-state index in [0.717, 1.165) is 30.9 Å². The van der Waals surface area contributed by atoms with Gasteiger partial charge in [-0.3, -0.25) is 4.79 Å². The first kappa shape index (κ1) is 19.4. The van der Waals surface area contributed by atoms with Crippen LogP contribution in [0.25, 0.3) is 0 Å². The van der Waals surface area contributed by atoms with Gasteiger partial charge in [-0.2, -0.15) is 5.26 Å². The summed E-state index contributed by atoms with van der Waals surface area (Å²) >= 11 is 0. The van der Waals surface area contributed by atoms with Gasteiger partial charge in [0.15, 0.2) is 0 Å². The molecule has 2 heterocycles. The number of hydrogen-bond donors (Lipinski definition) is 0. The van der Waals surface area contributed by atoms with Crippen molar-refractivity contribution in [1.82, 2.24) is 9.88 Å². The average Bonchev–Trinajstić information content (AvgIpc) is 3.05. The van der Waals surface area contributed by atoms with Gasteiger partial charge >= 0.3 is 0 Å². The Kier molecular flexibility index (Phi) is 6.09. The first-order chi connectivity index (χ1) is 14.3. The fourth-order valence-corrected chi connectivity index (χ4v) is 4.58. The van der Waals surface area contributed by atoms with Crippen LogP contribution in [0.5, 0.6) is 0 Å². The Bertz CT molecular complexity index is 880. The molecule has 2 fully saturated rings. The van der Waals surface area contributed by atoms with Crippen molar-refractivity contribution in [3.63, 3.8) is 0 Å². The van der Waals surface area contributed by atoms with E-state index in [1.165, 1.54) is 37.7 Å². The maximum Gasteiger partial charge on any atom is 0.253 e. The molecule has 1 saturated heterocycles. The normalized spacial score (nSPS) is 18.2. The standard InChI is InChI=1S/C24H28N4O/c25-18-22-8-4-13-26-23(22)27-14-5-15-28(17-16-27)24(29)21-11-9-20(10-12-21)19-6-2-1-3-7-19/h4,8-13,19H,1-3,5-7,14-17H2. The van der Waals surface area contributed by atoms with Crippen molar-refractivity contribution in [2.45, 2.75) is 44.4 Å². The molecule has 0 atom stereocenters. The maximum atomic E-state index is 13.0. The highest BCUT2D eigenvalue weighted by Gasteiger charge is 2.23. The number of pyridine rings is 1. The molecular formula is C24H28N4O. The highest BCUT2D eigenvalue weighted by atomic mass is 16.2. The Morgan fingerprint density at radius 1 is 0.966 bits per heavy atom. The summed E-state index contributed by atoms with van der Waals surface area (Å²) in [5, 5.41) is 9.34. The van der Waals surface area contributed by atoms with Gasteiger partial charge in [-0.15, -0.1) is 0 Å². The van der Waals surface area contributed by atoms with Gasteiger partial charge in [0, 0.05) is 37.9 Å². The van der Waals surface area contributed by atoms with Crippen LogP contribution in [0.15, 0.2) is 42.6 Å². The van der Waals surface area contributed by atoms with Crippen LogP contribution in [0.4, 0.5) is 5.82 Å². The van der Waals surface area contributed by atoms with Crippen LogP contribution < -0.4 is 4.90 Å². The van der Waals surface area contributed by atoms with Gasteiger partial charge in [-0.25, -0.2) is 4.98 Å². The van der Waals surface area contributed by atoms with Crippen LogP contribution in [0.3, 0.4) is 0 Å². The van der Waals surface area contributed by atoms with E-state index in [-0.39, 0.29) is 5.91 Å². The molecule has 0 spiro atoms. The number of anilines is 1. The van der Waals surface area contributed by atoms with Crippen LogP contribution in [0.2, 0.25) is 0 Å². The molecule has 0 radical (unpaired) electrons. The fraction of sp³-hybridized carbons (Fsp3) is 0.458. The Morgan fingerprint density at radius 3 is 2.52 bits per heavy atom. The number of carbonyl (C=O) groups is 1. The smallest absolute Gasteiger partial charge is 0.253 e. The topological polar surface area (TPSA) is 60.2 Å². The summed E-state index contributed by atoms with van der Waals surface area (Å²) in [7, 11) is 0. The lowest BCUT2D eigenvalue weighted by atomic mass is 9.84. The van der Waals surface area contributed by atoms with Crippen molar-refractivity contribution < 1.29 is 4.79 Å². The van der Waals surface area contributed by atoms with Crippen molar-refractivity contribution in [2.24, 2.45) is 0 Å². The summed E-state index contributed by atoms with van der Waals surface area (Å²) in [5.41, 5.74) is 2.74. The van der Waals surface area contributed by atoms with Crippen molar-refractivity contribution in [1.29, 1.82) is 5.26 Å². The molecule has 5 nitrogen and oxygen atoms in total. The number of aromatic nitrogens is 1. The summed E-state index contributed by atoms with van der Waals surface area (Å²) in [5.74, 6) is 1.48. The van der Waals surface area contributed by atoms with E-state index in [1.807, 2.05) is 17.0 Å². The van der Waals surface area contributed by atoms with E-state index in [4.69, 9.17) is 0 Å². The van der Waals surface area contributed by atoms with E-state index in [2.05, 4.69) is 28.1 Å². The maximum absolute atomic E-state index is 13.0. The van der Waals surface area contributed by atoms with Crippen molar-refractivity contribution in [3.05, 3.63) is 59.3 Å². The largest absolute Gasteiger partial charge is 0.354 e. The molecule has 150 valence electrons. The highest BCUT2D eigenvalue weighted by molar-refractivity contribution is 5.94. The minimum absolute atomic E-state index is 0.101. The van der Waals surface area contributed by atoms with E-state index in [1.54, 1.807) is 18.3 Å². The number of nitriles is 1. The van der Waals surface area contributed by atoms with Gasteiger partial charge in [0.05, 0.1) is 5.56 Å². The summed E-state index contributed by atoms with van der Waals surface area (Å²) in [6, 6.07) is 14.1. The molecule has 1 amide bonds. The third-order valence-electron chi connectivity index (χ3n) is 6.22. The predicted octanol–water partition coefficient (Wildman–Crippen LogP) is 4.35. The average molecular weight is 389 g/mol. The van der Waals surface area contributed by atoms with E-state index in [9.17, 15) is 10.1 Å². The van der Waals surface area contributed by atoms with Gasteiger partial charge in [0.2, 0.25) is 0 Å². The van der Waals surface area contributed by atoms with E-state index < -0.39 is 0 Å². The summed E-state index contributed by atoms with van der Waals surface area (Å²) in [6.07, 6.45) is 9.12. The Labute approximate surface area is 173 Å². The number of amides is 1. The van der Waals surface area contributed by atoms with Gasteiger partial charge < -0.3 is 9.80 Å². The van der Waals surface area contributed by atoms with E-state index >= 15 is 0 Å². The molecule has 1 saturated carbocycles. The van der Waals surface area contributed by atoms with Crippen LogP contribution in [-0.2, 0) is 0 Å². The second kappa shape index (κ2) is 9.09. The Balaban J connectivity index is 1.41. The molecule has 0 bridgehead atoms. The van der Waals surface area contributed by atoms with Crippen LogP contribution >= 0.6 is 0 Å². The van der Waals surface area contributed by atoms with Crippen LogP contribution in [-0.4, -0.2) is 42.0 Å². The lowest BCUT2D eigenvalue weighted by molar-refractivity contribution is 0.0767. The number of nitrogens with zero attached hydrogens (tertiary/aromatic N) is 4. The monoisotopic (exact) mass is 388 g/mol.